The first kappa shape index (κ1) is 14.2. The molecule has 3 N–H and O–H groups in total. The average molecular weight is 296 g/mol. The molecule has 112 valence electrons. The molecule has 1 aliphatic carbocycles. The first-order chi connectivity index (χ1) is 10.7. The third-order valence-corrected chi connectivity index (χ3v) is 3.78. The van der Waals surface area contributed by atoms with E-state index in [1.807, 2.05) is 0 Å². The standard InChI is InChI=1S/C16H16N4O2/c17-15(21)11-6-2-4-8-13(11)20-16(22)14-10-5-1-3-7-12(10)18-9-19-14/h2,4,6,8-9H,1,3,5,7H2,(H2,17,21)(H,20,22). The van der Waals surface area contributed by atoms with Crippen molar-refractivity contribution >= 4 is 17.5 Å². The Morgan fingerprint density at radius 2 is 1.86 bits per heavy atom. The molecule has 0 saturated carbocycles. The summed E-state index contributed by atoms with van der Waals surface area (Å²) in [4.78, 5) is 32.3. The van der Waals surface area contributed by atoms with Crippen LogP contribution in [0, 0.1) is 0 Å². The van der Waals surface area contributed by atoms with Crippen molar-refractivity contribution in [3.63, 3.8) is 0 Å². The second kappa shape index (κ2) is 5.93. The third-order valence-electron chi connectivity index (χ3n) is 3.78. The minimum atomic E-state index is -0.583. The lowest BCUT2D eigenvalue weighted by molar-refractivity contribution is 0.100. The molecular formula is C16H16N4O2. The zero-order chi connectivity index (χ0) is 15.5. The lowest BCUT2D eigenvalue weighted by Gasteiger charge is -2.17. The van der Waals surface area contributed by atoms with Gasteiger partial charge in [0.25, 0.3) is 11.8 Å². The Bertz CT molecular complexity index is 743. The van der Waals surface area contributed by atoms with Gasteiger partial charge in [0.1, 0.15) is 12.0 Å². The van der Waals surface area contributed by atoms with Crippen LogP contribution in [0.2, 0.25) is 0 Å². The molecule has 0 radical (unpaired) electrons. The predicted molar refractivity (Wildman–Crippen MR) is 81.6 cm³/mol. The van der Waals surface area contributed by atoms with Crippen LogP contribution in [0.5, 0.6) is 0 Å². The molecule has 0 fully saturated rings. The summed E-state index contributed by atoms with van der Waals surface area (Å²) in [6, 6.07) is 6.65. The van der Waals surface area contributed by atoms with Gasteiger partial charge >= 0.3 is 0 Å². The van der Waals surface area contributed by atoms with E-state index in [0.717, 1.165) is 36.9 Å². The molecule has 0 atom stereocenters. The van der Waals surface area contributed by atoms with Crippen molar-refractivity contribution < 1.29 is 9.59 Å². The van der Waals surface area contributed by atoms with Gasteiger partial charge in [0, 0.05) is 11.3 Å². The summed E-state index contributed by atoms with van der Waals surface area (Å²) in [7, 11) is 0. The molecule has 0 saturated heterocycles. The molecule has 2 aromatic rings. The number of carbonyl (C=O) groups excluding carboxylic acids is 2. The van der Waals surface area contributed by atoms with Crippen molar-refractivity contribution in [2.45, 2.75) is 25.7 Å². The Morgan fingerprint density at radius 3 is 2.68 bits per heavy atom. The van der Waals surface area contributed by atoms with E-state index >= 15 is 0 Å². The van der Waals surface area contributed by atoms with Crippen LogP contribution in [0.4, 0.5) is 5.69 Å². The Morgan fingerprint density at radius 1 is 1.09 bits per heavy atom. The summed E-state index contributed by atoms with van der Waals surface area (Å²) >= 11 is 0. The average Bonchev–Trinajstić information content (AvgIpc) is 2.54. The van der Waals surface area contributed by atoms with Crippen LogP contribution in [0.1, 0.15) is 44.9 Å². The maximum atomic E-state index is 12.5. The normalized spacial score (nSPS) is 13.3. The van der Waals surface area contributed by atoms with E-state index in [0.29, 0.717) is 11.4 Å². The van der Waals surface area contributed by atoms with Crippen LogP contribution in [0.25, 0.3) is 0 Å². The minimum absolute atomic E-state index is 0.277. The number of nitrogens with zero attached hydrogens (tertiary/aromatic N) is 2. The molecule has 2 amide bonds. The summed E-state index contributed by atoms with van der Waals surface area (Å²) in [5.74, 6) is -0.921. The topological polar surface area (TPSA) is 98.0 Å². The third kappa shape index (κ3) is 2.67. The number of anilines is 1. The molecule has 0 unspecified atom stereocenters. The number of nitrogens with one attached hydrogen (secondary N) is 1. The SMILES string of the molecule is NC(=O)c1ccccc1NC(=O)c1ncnc2c1CCCC2. The monoisotopic (exact) mass is 296 g/mol. The summed E-state index contributed by atoms with van der Waals surface area (Å²) in [5, 5.41) is 2.73. The number of carbonyl (C=O) groups is 2. The molecule has 1 aromatic carbocycles. The highest BCUT2D eigenvalue weighted by atomic mass is 16.2. The van der Waals surface area contributed by atoms with Gasteiger partial charge in [-0.05, 0) is 37.8 Å². The maximum absolute atomic E-state index is 12.5. The van der Waals surface area contributed by atoms with Crippen molar-refractivity contribution in [3.05, 3.63) is 53.1 Å². The number of fused-ring (bicyclic) bond motifs is 1. The van der Waals surface area contributed by atoms with Gasteiger partial charge in [-0.2, -0.15) is 0 Å². The Labute approximate surface area is 127 Å². The van der Waals surface area contributed by atoms with Crippen LogP contribution >= 0.6 is 0 Å². The highest BCUT2D eigenvalue weighted by molar-refractivity contribution is 6.08. The smallest absolute Gasteiger partial charge is 0.274 e. The highest BCUT2D eigenvalue weighted by Gasteiger charge is 2.21. The largest absolute Gasteiger partial charge is 0.366 e. The number of aromatic nitrogens is 2. The molecule has 3 rings (SSSR count). The molecular weight excluding hydrogens is 280 g/mol. The van der Waals surface area contributed by atoms with Gasteiger partial charge in [0.15, 0.2) is 0 Å². The van der Waals surface area contributed by atoms with E-state index in [4.69, 9.17) is 5.73 Å². The van der Waals surface area contributed by atoms with Gasteiger partial charge in [-0.3, -0.25) is 9.59 Å². The molecule has 0 spiro atoms. The van der Waals surface area contributed by atoms with Gasteiger partial charge in [-0.1, -0.05) is 12.1 Å². The first-order valence-corrected chi connectivity index (χ1v) is 7.19. The van der Waals surface area contributed by atoms with Crippen molar-refractivity contribution in [2.75, 3.05) is 5.32 Å². The highest BCUT2D eigenvalue weighted by Crippen LogP contribution is 2.22. The number of aryl methyl sites for hydroxylation is 1. The molecule has 1 heterocycles. The predicted octanol–water partition coefficient (Wildman–Crippen LogP) is 1.71. The number of hydrogen-bond acceptors (Lipinski definition) is 4. The Kier molecular flexibility index (Phi) is 3.82. The van der Waals surface area contributed by atoms with Gasteiger partial charge < -0.3 is 11.1 Å². The second-order valence-electron chi connectivity index (χ2n) is 5.22. The molecule has 6 nitrogen and oxygen atoms in total. The van der Waals surface area contributed by atoms with E-state index in [1.54, 1.807) is 24.3 Å². The van der Waals surface area contributed by atoms with Crippen molar-refractivity contribution in [2.24, 2.45) is 5.73 Å². The fraction of sp³-hybridized carbons (Fsp3) is 0.250. The number of benzene rings is 1. The fourth-order valence-electron chi connectivity index (χ4n) is 2.71. The second-order valence-corrected chi connectivity index (χ2v) is 5.22. The quantitative estimate of drug-likeness (QED) is 0.900. The molecule has 1 aromatic heterocycles. The number of primary amides is 1. The van der Waals surface area contributed by atoms with Crippen LogP contribution in [-0.2, 0) is 12.8 Å². The van der Waals surface area contributed by atoms with Crippen LogP contribution in [-0.4, -0.2) is 21.8 Å². The summed E-state index contributed by atoms with van der Waals surface area (Å²) in [6.45, 7) is 0. The van der Waals surface area contributed by atoms with Gasteiger partial charge in [0.2, 0.25) is 0 Å². The minimum Gasteiger partial charge on any atom is -0.366 e. The lowest BCUT2D eigenvalue weighted by atomic mass is 9.94. The zero-order valence-electron chi connectivity index (χ0n) is 12.0. The van der Waals surface area contributed by atoms with Gasteiger partial charge in [-0.15, -0.1) is 0 Å². The number of nitrogens with two attached hydrogens (primary N) is 1. The lowest BCUT2D eigenvalue weighted by Crippen LogP contribution is -2.22. The van der Waals surface area contributed by atoms with Crippen LogP contribution in [0.15, 0.2) is 30.6 Å². The van der Waals surface area contributed by atoms with E-state index in [1.165, 1.54) is 6.33 Å². The molecule has 6 heteroatoms. The van der Waals surface area contributed by atoms with Crippen LogP contribution < -0.4 is 11.1 Å². The molecule has 22 heavy (non-hydrogen) atoms. The Hall–Kier alpha value is -2.76. The zero-order valence-corrected chi connectivity index (χ0v) is 12.0. The molecule has 0 bridgehead atoms. The van der Waals surface area contributed by atoms with Crippen molar-refractivity contribution in [1.29, 1.82) is 0 Å². The van der Waals surface area contributed by atoms with Gasteiger partial charge in [-0.25, -0.2) is 9.97 Å². The Balaban J connectivity index is 1.92. The molecule has 1 aliphatic rings. The van der Waals surface area contributed by atoms with E-state index < -0.39 is 5.91 Å². The summed E-state index contributed by atoms with van der Waals surface area (Å²) in [5.41, 5.74) is 8.22. The van der Waals surface area contributed by atoms with Crippen LogP contribution in [0.3, 0.4) is 0 Å². The van der Waals surface area contributed by atoms with Gasteiger partial charge in [0.05, 0.1) is 11.3 Å². The number of para-hydroxylation sites is 1. The van der Waals surface area contributed by atoms with Crippen molar-refractivity contribution in [3.8, 4) is 0 Å². The number of hydrogen-bond donors (Lipinski definition) is 2. The number of rotatable bonds is 3. The fourth-order valence-corrected chi connectivity index (χ4v) is 2.71. The summed E-state index contributed by atoms with van der Waals surface area (Å²) in [6.07, 6.45) is 5.19. The van der Waals surface area contributed by atoms with E-state index in [9.17, 15) is 9.59 Å². The summed E-state index contributed by atoms with van der Waals surface area (Å²) < 4.78 is 0. The van der Waals surface area contributed by atoms with E-state index in [2.05, 4.69) is 15.3 Å². The van der Waals surface area contributed by atoms with Crippen molar-refractivity contribution in [1.82, 2.24) is 9.97 Å². The van der Waals surface area contributed by atoms with E-state index in [-0.39, 0.29) is 11.5 Å². The molecule has 0 aliphatic heterocycles. The maximum Gasteiger partial charge on any atom is 0.274 e. The first-order valence-electron chi connectivity index (χ1n) is 7.19. The number of amides is 2.